The van der Waals surface area contributed by atoms with Crippen molar-refractivity contribution in [1.82, 2.24) is 4.72 Å². The van der Waals surface area contributed by atoms with Crippen molar-refractivity contribution in [2.75, 3.05) is 13.2 Å². The number of ketones is 1. The average Bonchev–Trinajstić information content (AvgIpc) is 2.96. The number of amidine groups is 1. The van der Waals surface area contributed by atoms with Gasteiger partial charge in [0.2, 0.25) is 0 Å². The van der Waals surface area contributed by atoms with Crippen molar-refractivity contribution in [1.29, 1.82) is 0 Å². The fraction of sp³-hybridized carbons (Fsp3) is 0.591. The topological polar surface area (TPSA) is 102 Å². The highest BCUT2D eigenvalue weighted by Crippen LogP contribution is 2.60. The van der Waals surface area contributed by atoms with Crippen LogP contribution in [0, 0.1) is 23.2 Å². The van der Waals surface area contributed by atoms with E-state index in [9.17, 15) is 18.0 Å². The highest BCUT2D eigenvalue weighted by molar-refractivity contribution is 7.90. The van der Waals surface area contributed by atoms with E-state index in [1.807, 2.05) is 0 Å². The van der Waals surface area contributed by atoms with Gasteiger partial charge in [-0.2, -0.15) is 0 Å². The molecule has 0 atom stereocenters. The van der Waals surface area contributed by atoms with E-state index >= 15 is 0 Å². The van der Waals surface area contributed by atoms with Crippen molar-refractivity contribution < 1.29 is 22.7 Å². The van der Waals surface area contributed by atoms with E-state index in [0.29, 0.717) is 23.3 Å². The van der Waals surface area contributed by atoms with E-state index in [4.69, 9.17) is 4.74 Å². The van der Waals surface area contributed by atoms with Crippen LogP contribution in [0.4, 0.5) is 0 Å². The zero-order valence-corrected chi connectivity index (χ0v) is 17.6. The molecule has 0 spiro atoms. The van der Waals surface area contributed by atoms with Crippen LogP contribution in [0.25, 0.3) is 0 Å². The lowest BCUT2D eigenvalue weighted by molar-refractivity contribution is -0.157. The highest BCUT2D eigenvalue weighted by atomic mass is 32.2. The fourth-order valence-electron chi connectivity index (χ4n) is 6.33. The van der Waals surface area contributed by atoms with E-state index in [0.717, 1.165) is 19.3 Å². The molecule has 1 heterocycles. The lowest BCUT2D eigenvalue weighted by atomic mass is 9.48. The number of hydrogen-bond acceptors (Lipinski definition) is 6. The highest BCUT2D eigenvalue weighted by Gasteiger charge is 2.54. The van der Waals surface area contributed by atoms with Gasteiger partial charge in [0.05, 0.1) is 17.9 Å². The standard InChI is InChI=1S/C22H26N2O5S/c25-19(22-10-14-7-15(11-22)9-16(8-14)12-22)13-29-20(26)5-6-23-21-17-3-1-2-4-18(17)30(27,28)24-21/h1-4,14-16H,5-13H2,(H,23,24). The third-order valence-corrected chi connectivity index (χ3v) is 8.64. The number of benzene rings is 1. The maximum absolute atomic E-state index is 12.9. The minimum absolute atomic E-state index is 0.00154. The Bertz CT molecular complexity index is 994. The SMILES string of the molecule is O=C(CCN=C1NS(=O)(=O)c2ccccc21)OCC(=O)C12CC3CC(CC(C3)C1)C2. The van der Waals surface area contributed by atoms with Crippen LogP contribution >= 0.6 is 0 Å². The summed E-state index contributed by atoms with van der Waals surface area (Å²) < 4.78 is 31.8. The molecule has 1 aromatic rings. The number of fused-ring (bicyclic) bond motifs is 1. The molecule has 1 aromatic carbocycles. The Morgan fingerprint density at radius 2 is 1.70 bits per heavy atom. The van der Waals surface area contributed by atoms with Gasteiger partial charge >= 0.3 is 5.97 Å². The first-order valence-corrected chi connectivity index (χ1v) is 12.2. The average molecular weight is 431 g/mol. The Kier molecular flexibility index (Phi) is 4.72. The Morgan fingerprint density at radius 3 is 2.37 bits per heavy atom. The van der Waals surface area contributed by atoms with Crippen LogP contribution in [-0.2, 0) is 24.3 Å². The smallest absolute Gasteiger partial charge is 0.308 e. The molecule has 1 N–H and O–H groups in total. The lowest BCUT2D eigenvalue weighted by Crippen LogP contribution is -2.51. The number of rotatable bonds is 6. The molecule has 30 heavy (non-hydrogen) atoms. The number of aliphatic imine (C=N–C) groups is 1. The van der Waals surface area contributed by atoms with Crippen molar-refractivity contribution in [3.05, 3.63) is 29.8 Å². The van der Waals surface area contributed by atoms with Crippen LogP contribution in [0.1, 0.15) is 50.5 Å². The second-order valence-electron chi connectivity index (χ2n) is 9.36. The fourth-order valence-corrected chi connectivity index (χ4v) is 7.58. The first-order valence-electron chi connectivity index (χ1n) is 10.7. The first kappa shape index (κ1) is 19.7. The van der Waals surface area contributed by atoms with E-state index in [2.05, 4.69) is 9.71 Å². The number of hydrogen-bond donors (Lipinski definition) is 1. The van der Waals surface area contributed by atoms with Crippen molar-refractivity contribution in [2.45, 2.75) is 49.8 Å². The Morgan fingerprint density at radius 1 is 1.07 bits per heavy atom. The third-order valence-electron chi connectivity index (χ3n) is 7.24. The van der Waals surface area contributed by atoms with Crippen LogP contribution in [0.3, 0.4) is 0 Å². The number of nitrogens with one attached hydrogen (secondary N) is 1. The zero-order valence-electron chi connectivity index (χ0n) is 16.8. The van der Waals surface area contributed by atoms with Gasteiger partial charge in [-0.15, -0.1) is 0 Å². The minimum atomic E-state index is -3.59. The molecule has 0 unspecified atom stereocenters. The van der Waals surface area contributed by atoms with Gasteiger partial charge in [0.25, 0.3) is 10.0 Å². The number of carbonyl (C=O) groups is 2. The Balaban J connectivity index is 1.15. The van der Waals surface area contributed by atoms with Gasteiger partial charge in [-0.25, -0.2) is 8.42 Å². The minimum Gasteiger partial charge on any atom is -0.458 e. The summed E-state index contributed by atoms with van der Waals surface area (Å²) in [5.74, 6) is 1.85. The Hall–Kier alpha value is -2.22. The summed E-state index contributed by atoms with van der Waals surface area (Å²) >= 11 is 0. The predicted molar refractivity (Wildman–Crippen MR) is 109 cm³/mol. The van der Waals surface area contributed by atoms with Gasteiger partial charge in [-0.3, -0.25) is 19.3 Å². The van der Waals surface area contributed by atoms with Crippen LogP contribution < -0.4 is 4.72 Å². The molecule has 4 aliphatic carbocycles. The maximum Gasteiger partial charge on any atom is 0.308 e. The van der Waals surface area contributed by atoms with Gasteiger partial charge in [-0.1, -0.05) is 12.1 Å². The van der Waals surface area contributed by atoms with Gasteiger partial charge in [-0.05, 0) is 68.4 Å². The van der Waals surface area contributed by atoms with Crippen LogP contribution in [0.5, 0.6) is 0 Å². The van der Waals surface area contributed by atoms with Crippen LogP contribution in [0.15, 0.2) is 34.2 Å². The molecule has 0 amide bonds. The van der Waals surface area contributed by atoms with E-state index in [1.165, 1.54) is 25.3 Å². The summed E-state index contributed by atoms with van der Waals surface area (Å²) in [6.07, 6.45) is 6.67. The van der Waals surface area contributed by atoms with Crippen molar-refractivity contribution in [2.24, 2.45) is 28.2 Å². The first-order chi connectivity index (χ1) is 14.3. The summed E-state index contributed by atoms with van der Waals surface area (Å²) in [5.41, 5.74) is 0.240. The van der Waals surface area contributed by atoms with E-state index in [-0.39, 0.29) is 41.5 Å². The molecule has 0 saturated heterocycles. The molecule has 0 radical (unpaired) electrons. The molecule has 4 bridgehead atoms. The van der Waals surface area contributed by atoms with Crippen LogP contribution in [0.2, 0.25) is 0 Å². The van der Waals surface area contributed by atoms with E-state index in [1.54, 1.807) is 18.2 Å². The molecule has 4 saturated carbocycles. The summed E-state index contributed by atoms with van der Waals surface area (Å²) in [7, 11) is -3.59. The third kappa shape index (κ3) is 3.45. The van der Waals surface area contributed by atoms with Gasteiger partial charge in [0.15, 0.2) is 12.4 Å². The molecule has 6 rings (SSSR count). The van der Waals surface area contributed by atoms with Gasteiger partial charge in [0.1, 0.15) is 5.84 Å². The number of ether oxygens (including phenoxy) is 1. The summed E-state index contributed by atoms with van der Waals surface area (Å²) in [4.78, 5) is 29.5. The van der Waals surface area contributed by atoms with Crippen molar-refractivity contribution in [3.8, 4) is 0 Å². The number of carbonyl (C=O) groups excluding carboxylic acids is 2. The molecule has 4 fully saturated rings. The maximum atomic E-state index is 12.9. The molecule has 1 aliphatic heterocycles. The molecular formula is C22H26N2O5S. The molecule has 160 valence electrons. The summed E-state index contributed by atoms with van der Waals surface area (Å²) in [5, 5.41) is 0. The predicted octanol–water partition coefficient (Wildman–Crippen LogP) is 2.44. The zero-order chi connectivity index (χ0) is 20.9. The van der Waals surface area contributed by atoms with Crippen molar-refractivity contribution >= 4 is 27.6 Å². The largest absolute Gasteiger partial charge is 0.458 e. The normalized spacial score (nSPS) is 33.9. The molecule has 0 aromatic heterocycles. The lowest BCUT2D eigenvalue weighted by Gasteiger charge is -2.55. The van der Waals surface area contributed by atoms with Crippen LogP contribution in [-0.4, -0.2) is 39.2 Å². The second-order valence-corrected chi connectivity index (χ2v) is 11.0. The van der Waals surface area contributed by atoms with Crippen molar-refractivity contribution in [3.63, 3.8) is 0 Å². The van der Waals surface area contributed by atoms with E-state index < -0.39 is 16.0 Å². The number of nitrogens with zero attached hydrogens (tertiary/aromatic N) is 1. The molecule has 7 nitrogen and oxygen atoms in total. The Labute approximate surface area is 176 Å². The molecular weight excluding hydrogens is 404 g/mol. The summed E-state index contributed by atoms with van der Waals surface area (Å²) in [6.45, 7) is -0.0619. The number of sulfonamides is 1. The van der Waals surface area contributed by atoms with Gasteiger partial charge in [0, 0.05) is 11.0 Å². The second kappa shape index (κ2) is 7.18. The quantitative estimate of drug-likeness (QED) is 0.699. The molecule has 8 heteroatoms. The summed E-state index contributed by atoms with van der Waals surface area (Å²) in [6, 6.07) is 6.58. The van der Waals surface area contributed by atoms with Gasteiger partial charge < -0.3 is 4.74 Å². The monoisotopic (exact) mass is 430 g/mol. The number of Topliss-reactive ketones (excluding diaryl/α,β-unsaturated/α-hetero) is 1. The number of esters is 1. The molecule has 5 aliphatic rings.